The zero-order valence-corrected chi connectivity index (χ0v) is 19.0. The molecule has 0 bridgehead atoms. The molecule has 5 aromatic rings. The van der Waals surface area contributed by atoms with Gasteiger partial charge in [0.05, 0.1) is 5.71 Å². The molecule has 5 rings (SSSR count). The van der Waals surface area contributed by atoms with E-state index in [2.05, 4.69) is 4.98 Å². The topological polar surface area (TPSA) is 47.4 Å². The quantitative estimate of drug-likeness (QED) is 0.189. The number of benzene rings is 3. The van der Waals surface area contributed by atoms with E-state index in [1.54, 1.807) is 18.3 Å². The molecule has 0 N–H and O–H groups in total. The highest BCUT2D eigenvalue weighted by Gasteiger charge is 2.17. The number of pyridine rings is 1. The van der Waals surface area contributed by atoms with E-state index in [1.807, 2.05) is 91.0 Å². The molecule has 160 valence electrons. The van der Waals surface area contributed by atoms with E-state index in [0.717, 1.165) is 28.1 Å². The van der Waals surface area contributed by atoms with Crippen molar-refractivity contribution < 1.29 is 4.74 Å². The highest BCUT2D eigenvalue weighted by atomic mass is 35.5. The number of aliphatic imine (C=N–C) groups is 1. The van der Waals surface area contributed by atoms with Crippen molar-refractivity contribution in [3.63, 3.8) is 0 Å². The Kier molecular flexibility index (Phi) is 6.24. The van der Waals surface area contributed by atoms with E-state index < -0.39 is 0 Å². The van der Waals surface area contributed by atoms with Crippen LogP contribution in [-0.2, 0) is 0 Å². The fourth-order valence-corrected chi connectivity index (χ4v) is 4.33. The van der Waals surface area contributed by atoms with Gasteiger partial charge in [-0.2, -0.15) is 0 Å². The number of thiazole rings is 1. The third-order valence-electron chi connectivity index (χ3n) is 4.84. The van der Waals surface area contributed by atoms with E-state index in [-0.39, 0.29) is 0 Å². The predicted octanol–water partition coefficient (Wildman–Crippen LogP) is 7.82. The van der Waals surface area contributed by atoms with Crippen LogP contribution in [0.5, 0.6) is 10.8 Å². The standard InChI is InChI=1S/C27H18ClN3OS/c28-23-18-22(16-17-29-23)32-26-25(21-14-8-3-9-15-21)31-27(33-26)30-24(19-10-4-1-5-11-19)20-12-6-2-7-13-20/h1-18H. The molecule has 0 saturated carbocycles. The Morgan fingerprint density at radius 1 is 0.788 bits per heavy atom. The number of nitrogens with zero attached hydrogens (tertiary/aromatic N) is 3. The van der Waals surface area contributed by atoms with Crippen LogP contribution in [0.4, 0.5) is 5.13 Å². The first kappa shape index (κ1) is 21.1. The highest BCUT2D eigenvalue weighted by molar-refractivity contribution is 7.17. The van der Waals surface area contributed by atoms with Gasteiger partial charge in [0.1, 0.15) is 16.6 Å². The number of ether oxygens (including phenoxy) is 1. The Balaban J connectivity index is 1.62. The van der Waals surface area contributed by atoms with Crippen molar-refractivity contribution in [3.05, 3.63) is 126 Å². The summed E-state index contributed by atoms with van der Waals surface area (Å²) in [6.45, 7) is 0. The van der Waals surface area contributed by atoms with Crippen LogP contribution in [0, 0.1) is 0 Å². The van der Waals surface area contributed by atoms with Gasteiger partial charge in [0.2, 0.25) is 10.2 Å². The summed E-state index contributed by atoms with van der Waals surface area (Å²) in [5.41, 5.74) is 4.56. The molecular weight excluding hydrogens is 450 g/mol. The number of rotatable bonds is 6. The monoisotopic (exact) mass is 467 g/mol. The van der Waals surface area contributed by atoms with Gasteiger partial charge in [-0.15, -0.1) is 0 Å². The fraction of sp³-hybridized carbons (Fsp3) is 0. The van der Waals surface area contributed by atoms with Crippen LogP contribution in [0.1, 0.15) is 11.1 Å². The van der Waals surface area contributed by atoms with Crippen molar-refractivity contribution in [1.82, 2.24) is 9.97 Å². The molecule has 0 aliphatic heterocycles. The summed E-state index contributed by atoms with van der Waals surface area (Å²) >= 11 is 7.44. The number of halogens is 1. The van der Waals surface area contributed by atoms with Crippen molar-refractivity contribution in [2.45, 2.75) is 0 Å². The second-order valence-electron chi connectivity index (χ2n) is 7.11. The van der Waals surface area contributed by atoms with E-state index in [0.29, 0.717) is 21.1 Å². The van der Waals surface area contributed by atoms with Gasteiger partial charge < -0.3 is 4.74 Å². The van der Waals surface area contributed by atoms with Crippen LogP contribution in [0.3, 0.4) is 0 Å². The summed E-state index contributed by atoms with van der Waals surface area (Å²) in [5.74, 6) is 0.595. The summed E-state index contributed by atoms with van der Waals surface area (Å²) in [5, 5.41) is 1.61. The molecule has 2 heterocycles. The van der Waals surface area contributed by atoms with Gasteiger partial charge in [-0.25, -0.2) is 15.0 Å². The molecule has 0 atom stereocenters. The Hall–Kier alpha value is -3.80. The van der Waals surface area contributed by atoms with Crippen LogP contribution in [-0.4, -0.2) is 15.7 Å². The molecule has 0 aliphatic carbocycles. The number of hydrogen-bond donors (Lipinski definition) is 0. The van der Waals surface area contributed by atoms with Crippen molar-refractivity contribution in [2.24, 2.45) is 4.99 Å². The molecule has 0 unspecified atom stereocenters. The first-order chi connectivity index (χ1) is 16.3. The predicted molar refractivity (Wildman–Crippen MR) is 135 cm³/mol. The second-order valence-corrected chi connectivity index (χ2v) is 8.43. The van der Waals surface area contributed by atoms with E-state index in [4.69, 9.17) is 26.3 Å². The Morgan fingerprint density at radius 3 is 2.00 bits per heavy atom. The minimum atomic E-state index is 0.368. The minimum Gasteiger partial charge on any atom is -0.444 e. The van der Waals surface area contributed by atoms with E-state index >= 15 is 0 Å². The van der Waals surface area contributed by atoms with Crippen LogP contribution >= 0.6 is 22.9 Å². The lowest BCUT2D eigenvalue weighted by Gasteiger charge is -2.06. The van der Waals surface area contributed by atoms with Crippen LogP contribution in [0.25, 0.3) is 11.3 Å². The average Bonchev–Trinajstić information content (AvgIpc) is 3.26. The average molecular weight is 468 g/mol. The number of aromatic nitrogens is 2. The second kappa shape index (κ2) is 9.77. The molecule has 6 heteroatoms. The molecule has 0 aliphatic rings. The third-order valence-corrected chi connectivity index (χ3v) is 5.88. The largest absolute Gasteiger partial charge is 0.444 e. The summed E-state index contributed by atoms with van der Waals surface area (Å²) in [4.78, 5) is 13.8. The first-order valence-electron chi connectivity index (χ1n) is 10.3. The maximum absolute atomic E-state index is 6.18. The van der Waals surface area contributed by atoms with Gasteiger partial charge in [0.25, 0.3) is 0 Å². The van der Waals surface area contributed by atoms with Gasteiger partial charge in [-0.1, -0.05) is 114 Å². The number of hydrogen-bond acceptors (Lipinski definition) is 5. The lowest BCUT2D eigenvalue weighted by atomic mass is 10.0. The van der Waals surface area contributed by atoms with Crippen molar-refractivity contribution >= 4 is 33.8 Å². The van der Waals surface area contributed by atoms with Gasteiger partial charge in [0, 0.05) is 29.0 Å². The maximum Gasteiger partial charge on any atom is 0.213 e. The van der Waals surface area contributed by atoms with Crippen molar-refractivity contribution in [2.75, 3.05) is 0 Å². The molecule has 0 spiro atoms. The molecule has 33 heavy (non-hydrogen) atoms. The first-order valence-corrected chi connectivity index (χ1v) is 11.5. The van der Waals surface area contributed by atoms with Gasteiger partial charge >= 0.3 is 0 Å². The molecule has 0 amide bonds. The normalized spacial score (nSPS) is 10.6. The molecule has 3 aromatic carbocycles. The zero-order valence-electron chi connectivity index (χ0n) is 17.4. The molecule has 0 saturated heterocycles. The highest BCUT2D eigenvalue weighted by Crippen LogP contribution is 2.42. The Bertz CT molecular complexity index is 1350. The summed E-state index contributed by atoms with van der Waals surface area (Å²) in [6.07, 6.45) is 1.61. The molecule has 0 radical (unpaired) electrons. The lowest BCUT2D eigenvalue weighted by molar-refractivity contribution is 0.496. The fourth-order valence-electron chi connectivity index (χ4n) is 3.33. The SMILES string of the molecule is Clc1cc(Oc2sc(N=C(c3ccccc3)c3ccccc3)nc2-c2ccccc2)ccn1. The van der Waals surface area contributed by atoms with Crippen molar-refractivity contribution in [1.29, 1.82) is 0 Å². The summed E-state index contributed by atoms with van der Waals surface area (Å²) in [6, 6.07) is 33.6. The smallest absolute Gasteiger partial charge is 0.213 e. The van der Waals surface area contributed by atoms with Gasteiger partial charge in [-0.3, -0.25) is 0 Å². The van der Waals surface area contributed by atoms with Crippen LogP contribution in [0.15, 0.2) is 114 Å². The molecular formula is C27H18ClN3OS. The minimum absolute atomic E-state index is 0.368. The van der Waals surface area contributed by atoms with Crippen molar-refractivity contribution in [3.8, 4) is 22.1 Å². The van der Waals surface area contributed by atoms with E-state index in [9.17, 15) is 0 Å². The zero-order chi connectivity index (χ0) is 22.5. The van der Waals surface area contributed by atoms with Crippen LogP contribution in [0.2, 0.25) is 5.15 Å². The van der Waals surface area contributed by atoms with Crippen LogP contribution < -0.4 is 4.74 Å². The van der Waals surface area contributed by atoms with E-state index in [1.165, 1.54) is 11.3 Å². The Morgan fingerprint density at radius 2 is 1.39 bits per heavy atom. The maximum atomic E-state index is 6.18. The van der Waals surface area contributed by atoms with Gasteiger partial charge in [0.15, 0.2) is 0 Å². The van der Waals surface area contributed by atoms with Gasteiger partial charge in [-0.05, 0) is 6.07 Å². The summed E-state index contributed by atoms with van der Waals surface area (Å²) < 4.78 is 6.18. The molecule has 0 fully saturated rings. The summed E-state index contributed by atoms with van der Waals surface area (Å²) in [7, 11) is 0. The third kappa shape index (κ3) is 5.00. The lowest BCUT2D eigenvalue weighted by Crippen LogP contribution is -2.02. The molecule has 2 aromatic heterocycles. The molecule has 4 nitrogen and oxygen atoms in total. The Labute approximate surface area is 200 Å².